The van der Waals surface area contributed by atoms with Crippen molar-refractivity contribution in [3.05, 3.63) is 65.7 Å². The van der Waals surface area contributed by atoms with E-state index < -0.39 is 6.04 Å². The molecule has 0 bridgehead atoms. The predicted octanol–water partition coefficient (Wildman–Crippen LogP) is 3.45. The van der Waals surface area contributed by atoms with E-state index in [0.29, 0.717) is 19.6 Å². The Morgan fingerprint density at radius 2 is 1.84 bits per heavy atom. The number of hydrogen-bond donors (Lipinski definition) is 1. The summed E-state index contributed by atoms with van der Waals surface area (Å²) < 4.78 is 5.69. The molecule has 1 saturated heterocycles. The smallest absolute Gasteiger partial charge is 0.325 e. The van der Waals surface area contributed by atoms with Crippen molar-refractivity contribution in [1.29, 1.82) is 0 Å². The number of rotatable bonds is 7. The Bertz CT molecular complexity index is 746. The van der Waals surface area contributed by atoms with Crippen molar-refractivity contribution in [2.45, 2.75) is 25.8 Å². The van der Waals surface area contributed by atoms with Crippen LogP contribution in [0.5, 0.6) is 5.75 Å². The number of carbonyl (C=O) groups excluding carboxylic acids is 2. The standard InChI is InChI=1S/C20H22N2O3/c1-15-8-7-11-17(14-15)25-13-6-5-12-22-19(23)18(21-20(22)24)16-9-3-2-4-10-16/h2-4,7-11,14,18H,5-6,12-13H2,1H3,(H,21,24). The molecule has 1 aliphatic heterocycles. The largest absolute Gasteiger partial charge is 0.494 e. The lowest BCUT2D eigenvalue weighted by Crippen LogP contribution is -2.32. The van der Waals surface area contributed by atoms with Crippen LogP contribution in [0.1, 0.15) is 30.0 Å². The lowest BCUT2D eigenvalue weighted by Gasteiger charge is -2.13. The van der Waals surface area contributed by atoms with Gasteiger partial charge < -0.3 is 10.1 Å². The van der Waals surface area contributed by atoms with Gasteiger partial charge in [-0.15, -0.1) is 0 Å². The molecule has 2 aromatic rings. The van der Waals surface area contributed by atoms with Crippen LogP contribution in [0.2, 0.25) is 0 Å². The van der Waals surface area contributed by atoms with Crippen molar-refractivity contribution in [3.63, 3.8) is 0 Å². The lowest BCUT2D eigenvalue weighted by molar-refractivity contribution is -0.127. The topological polar surface area (TPSA) is 58.6 Å². The van der Waals surface area contributed by atoms with Gasteiger partial charge in [0.1, 0.15) is 11.8 Å². The first-order valence-corrected chi connectivity index (χ1v) is 8.51. The number of unbranched alkanes of at least 4 members (excludes halogenated alkanes) is 1. The van der Waals surface area contributed by atoms with Crippen molar-refractivity contribution in [3.8, 4) is 5.75 Å². The van der Waals surface area contributed by atoms with E-state index in [0.717, 1.165) is 23.3 Å². The van der Waals surface area contributed by atoms with E-state index in [2.05, 4.69) is 5.32 Å². The highest BCUT2D eigenvalue weighted by Gasteiger charge is 2.38. The predicted molar refractivity (Wildman–Crippen MR) is 95.3 cm³/mol. The average molecular weight is 338 g/mol. The first-order valence-electron chi connectivity index (χ1n) is 8.51. The summed E-state index contributed by atoms with van der Waals surface area (Å²) in [4.78, 5) is 25.8. The molecule has 0 radical (unpaired) electrons. The third-order valence-electron chi connectivity index (χ3n) is 4.19. The van der Waals surface area contributed by atoms with Gasteiger partial charge >= 0.3 is 6.03 Å². The molecule has 130 valence electrons. The van der Waals surface area contributed by atoms with Gasteiger partial charge in [-0.1, -0.05) is 42.5 Å². The molecule has 5 nitrogen and oxygen atoms in total. The van der Waals surface area contributed by atoms with E-state index in [1.165, 1.54) is 4.90 Å². The maximum atomic E-state index is 12.5. The fourth-order valence-electron chi connectivity index (χ4n) is 2.87. The Morgan fingerprint density at radius 3 is 2.60 bits per heavy atom. The monoisotopic (exact) mass is 338 g/mol. The summed E-state index contributed by atoms with van der Waals surface area (Å²) >= 11 is 0. The first kappa shape index (κ1) is 17.0. The minimum Gasteiger partial charge on any atom is -0.494 e. The molecule has 1 N–H and O–H groups in total. The number of carbonyl (C=O) groups is 2. The quantitative estimate of drug-likeness (QED) is 0.621. The van der Waals surface area contributed by atoms with Gasteiger partial charge in [0.15, 0.2) is 0 Å². The van der Waals surface area contributed by atoms with Gasteiger partial charge in [0.2, 0.25) is 0 Å². The number of hydrogen-bond acceptors (Lipinski definition) is 3. The molecule has 1 atom stereocenters. The van der Waals surface area contributed by atoms with Gasteiger partial charge in [0, 0.05) is 6.54 Å². The summed E-state index contributed by atoms with van der Waals surface area (Å²) in [6.45, 7) is 2.99. The van der Waals surface area contributed by atoms with E-state index >= 15 is 0 Å². The van der Waals surface area contributed by atoms with E-state index in [1.807, 2.05) is 61.5 Å². The highest BCUT2D eigenvalue weighted by atomic mass is 16.5. The van der Waals surface area contributed by atoms with Crippen molar-refractivity contribution in [1.82, 2.24) is 10.2 Å². The van der Waals surface area contributed by atoms with Gasteiger partial charge in [0.05, 0.1) is 6.61 Å². The second-order valence-corrected chi connectivity index (χ2v) is 6.16. The zero-order valence-electron chi connectivity index (χ0n) is 14.3. The molecule has 1 fully saturated rings. The molecule has 0 saturated carbocycles. The summed E-state index contributed by atoms with van der Waals surface area (Å²) in [5, 5.41) is 2.75. The molecular formula is C20H22N2O3. The second-order valence-electron chi connectivity index (χ2n) is 6.16. The van der Waals surface area contributed by atoms with Crippen molar-refractivity contribution in [2.24, 2.45) is 0 Å². The molecule has 2 aromatic carbocycles. The van der Waals surface area contributed by atoms with Crippen LogP contribution >= 0.6 is 0 Å². The van der Waals surface area contributed by atoms with Crippen molar-refractivity contribution < 1.29 is 14.3 Å². The Kier molecular flexibility index (Phi) is 5.33. The highest BCUT2D eigenvalue weighted by Crippen LogP contribution is 2.22. The Morgan fingerprint density at radius 1 is 1.04 bits per heavy atom. The summed E-state index contributed by atoms with van der Waals surface area (Å²) in [5.74, 6) is 0.662. The number of imide groups is 1. The van der Waals surface area contributed by atoms with Crippen LogP contribution in [0.3, 0.4) is 0 Å². The van der Waals surface area contributed by atoms with E-state index in [4.69, 9.17) is 4.74 Å². The Labute approximate surface area is 147 Å². The maximum Gasteiger partial charge on any atom is 0.325 e. The van der Waals surface area contributed by atoms with Crippen LogP contribution in [0.15, 0.2) is 54.6 Å². The fourth-order valence-corrected chi connectivity index (χ4v) is 2.87. The van der Waals surface area contributed by atoms with Gasteiger partial charge in [-0.25, -0.2) is 4.79 Å². The number of nitrogens with zero attached hydrogens (tertiary/aromatic N) is 1. The molecule has 1 heterocycles. The van der Waals surface area contributed by atoms with Crippen molar-refractivity contribution >= 4 is 11.9 Å². The van der Waals surface area contributed by atoms with E-state index in [9.17, 15) is 9.59 Å². The fraction of sp³-hybridized carbons (Fsp3) is 0.300. The molecule has 1 aliphatic rings. The SMILES string of the molecule is Cc1cccc(OCCCCN2C(=O)NC(c3ccccc3)C2=O)c1. The Hall–Kier alpha value is -2.82. The normalized spacial score (nSPS) is 16.8. The van der Waals surface area contributed by atoms with Gasteiger partial charge in [-0.2, -0.15) is 0 Å². The number of aryl methyl sites for hydroxylation is 1. The van der Waals surface area contributed by atoms with Gasteiger partial charge in [0.25, 0.3) is 5.91 Å². The number of ether oxygens (including phenoxy) is 1. The number of amides is 3. The van der Waals surface area contributed by atoms with Crippen LogP contribution < -0.4 is 10.1 Å². The minimum atomic E-state index is -0.572. The Balaban J connectivity index is 1.45. The minimum absolute atomic E-state index is 0.184. The zero-order valence-corrected chi connectivity index (χ0v) is 14.3. The summed E-state index contributed by atoms with van der Waals surface area (Å²) in [5.41, 5.74) is 1.97. The average Bonchev–Trinajstić information content (AvgIpc) is 2.90. The summed E-state index contributed by atoms with van der Waals surface area (Å²) in [6, 6.07) is 16.3. The van der Waals surface area contributed by atoms with Crippen LogP contribution in [-0.2, 0) is 4.79 Å². The molecular weight excluding hydrogens is 316 g/mol. The second kappa shape index (κ2) is 7.83. The maximum absolute atomic E-state index is 12.5. The van der Waals surface area contributed by atoms with Crippen molar-refractivity contribution in [2.75, 3.05) is 13.2 Å². The van der Waals surface area contributed by atoms with Gasteiger partial charge in [-0.3, -0.25) is 9.69 Å². The molecule has 25 heavy (non-hydrogen) atoms. The van der Waals surface area contributed by atoms with E-state index in [1.54, 1.807) is 0 Å². The molecule has 5 heteroatoms. The lowest BCUT2D eigenvalue weighted by atomic mass is 10.1. The highest BCUT2D eigenvalue weighted by molar-refractivity contribution is 6.04. The molecule has 0 aliphatic carbocycles. The summed E-state index contributed by atoms with van der Waals surface area (Å²) in [7, 11) is 0. The number of nitrogens with one attached hydrogen (secondary N) is 1. The molecule has 0 aromatic heterocycles. The molecule has 0 spiro atoms. The number of urea groups is 1. The third-order valence-corrected chi connectivity index (χ3v) is 4.19. The van der Waals surface area contributed by atoms with Crippen LogP contribution in [0.4, 0.5) is 4.79 Å². The zero-order chi connectivity index (χ0) is 17.6. The summed E-state index contributed by atoms with van der Waals surface area (Å²) in [6.07, 6.45) is 1.49. The van der Waals surface area contributed by atoms with Crippen LogP contribution in [0, 0.1) is 6.92 Å². The molecule has 3 rings (SSSR count). The van der Waals surface area contributed by atoms with Gasteiger partial charge in [-0.05, 0) is 43.0 Å². The number of benzene rings is 2. The molecule has 1 unspecified atom stereocenters. The van der Waals surface area contributed by atoms with E-state index in [-0.39, 0.29) is 11.9 Å². The first-order chi connectivity index (χ1) is 12.1. The molecule has 3 amide bonds. The van der Waals surface area contributed by atoms with Crippen LogP contribution in [-0.4, -0.2) is 30.0 Å². The van der Waals surface area contributed by atoms with Crippen LogP contribution in [0.25, 0.3) is 0 Å². The third kappa shape index (κ3) is 4.18.